The van der Waals surface area contributed by atoms with E-state index < -0.39 is 18.0 Å². The summed E-state index contributed by atoms with van der Waals surface area (Å²) < 4.78 is 19.2. The molecule has 1 aromatic carbocycles. The summed E-state index contributed by atoms with van der Waals surface area (Å²) in [6.45, 7) is 2.16. The van der Waals surface area contributed by atoms with Gasteiger partial charge in [0.15, 0.2) is 6.10 Å². The van der Waals surface area contributed by atoms with Crippen LogP contribution in [-0.2, 0) is 4.79 Å². The van der Waals surface area contributed by atoms with Crippen LogP contribution in [0.1, 0.15) is 37.9 Å². The highest BCUT2D eigenvalue weighted by atomic mass is 19.1. The molecule has 0 saturated carbocycles. The van der Waals surface area contributed by atoms with Gasteiger partial charge in [-0.2, -0.15) is 0 Å². The molecule has 2 N–H and O–H groups in total. The van der Waals surface area contributed by atoms with E-state index in [2.05, 4.69) is 5.32 Å². The number of aliphatic hydroxyl groups is 1. The van der Waals surface area contributed by atoms with Crippen molar-refractivity contribution in [1.82, 2.24) is 5.32 Å². The van der Waals surface area contributed by atoms with Gasteiger partial charge in [0, 0.05) is 18.2 Å². The van der Waals surface area contributed by atoms with Gasteiger partial charge in [-0.25, -0.2) is 4.39 Å². The fourth-order valence-corrected chi connectivity index (χ4v) is 2.11. The van der Waals surface area contributed by atoms with E-state index in [-0.39, 0.29) is 11.5 Å². The molecule has 2 atom stereocenters. The second kappa shape index (κ2) is 6.02. The molecule has 0 radical (unpaired) electrons. The molecule has 5 heteroatoms. The van der Waals surface area contributed by atoms with Crippen LogP contribution in [0.2, 0.25) is 0 Å². The summed E-state index contributed by atoms with van der Waals surface area (Å²) in [5, 5.41) is 12.1. The van der Waals surface area contributed by atoms with Crippen LogP contribution in [0, 0.1) is 5.82 Å². The van der Waals surface area contributed by atoms with Crippen molar-refractivity contribution in [3.63, 3.8) is 0 Å². The van der Waals surface area contributed by atoms with Crippen molar-refractivity contribution in [3.05, 3.63) is 29.6 Å². The number of halogens is 1. The smallest absolute Gasteiger partial charge is 0.261 e. The van der Waals surface area contributed by atoms with Crippen LogP contribution in [-0.4, -0.2) is 23.7 Å². The predicted molar refractivity (Wildman–Crippen MR) is 68.3 cm³/mol. The zero-order chi connectivity index (χ0) is 13.8. The standard InChI is InChI=1S/C14H18FNO3/c1-9(17)11-6-5-10(8-12(11)15)19-13-4-2-3-7-16-14(13)18/h5-6,8-9,13,17H,2-4,7H2,1H3,(H,16,18)/t9-,13?/m0/s1. The second-order valence-corrected chi connectivity index (χ2v) is 4.75. The van der Waals surface area contributed by atoms with Crippen molar-refractivity contribution in [3.8, 4) is 5.75 Å². The summed E-state index contributed by atoms with van der Waals surface area (Å²) in [7, 11) is 0. The molecular formula is C14H18FNO3. The molecular weight excluding hydrogens is 249 g/mol. The molecule has 2 rings (SSSR count). The number of hydrogen-bond acceptors (Lipinski definition) is 3. The van der Waals surface area contributed by atoms with Gasteiger partial charge in [-0.3, -0.25) is 4.79 Å². The van der Waals surface area contributed by atoms with E-state index in [1.54, 1.807) is 6.07 Å². The van der Waals surface area contributed by atoms with Crippen molar-refractivity contribution in [2.24, 2.45) is 0 Å². The zero-order valence-electron chi connectivity index (χ0n) is 10.9. The van der Waals surface area contributed by atoms with Crippen LogP contribution in [0.3, 0.4) is 0 Å². The van der Waals surface area contributed by atoms with Crippen LogP contribution >= 0.6 is 0 Å². The van der Waals surface area contributed by atoms with E-state index in [0.29, 0.717) is 18.7 Å². The SMILES string of the molecule is C[C@H](O)c1ccc(OC2CCCCNC2=O)cc1F. The fraction of sp³-hybridized carbons (Fsp3) is 0.500. The first-order chi connectivity index (χ1) is 9.08. The number of benzene rings is 1. The third kappa shape index (κ3) is 3.44. The fourth-order valence-electron chi connectivity index (χ4n) is 2.11. The van der Waals surface area contributed by atoms with E-state index in [0.717, 1.165) is 12.8 Å². The monoisotopic (exact) mass is 267 g/mol. The third-order valence-corrected chi connectivity index (χ3v) is 3.19. The molecule has 104 valence electrons. The molecule has 0 aromatic heterocycles. The molecule has 1 saturated heterocycles. The first-order valence-corrected chi connectivity index (χ1v) is 6.50. The summed E-state index contributed by atoms with van der Waals surface area (Å²) in [6, 6.07) is 4.26. The Labute approximate surface area is 111 Å². The molecule has 1 amide bonds. The molecule has 19 heavy (non-hydrogen) atoms. The Balaban J connectivity index is 2.10. The molecule has 4 nitrogen and oxygen atoms in total. The largest absolute Gasteiger partial charge is 0.481 e. The van der Waals surface area contributed by atoms with Gasteiger partial charge in [0.1, 0.15) is 11.6 Å². The first kappa shape index (κ1) is 13.8. The van der Waals surface area contributed by atoms with E-state index in [9.17, 15) is 14.3 Å². The van der Waals surface area contributed by atoms with Gasteiger partial charge in [0.25, 0.3) is 5.91 Å². The Morgan fingerprint density at radius 3 is 2.95 bits per heavy atom. The molecule has 0 aliphatic carbocycles. The van der Waals surface area contributed by atoms with Gasteiger partial charge in [0.2, 0.25) is 0 Å². The van der Waals surface area contributed by atoms with Gasteiger partial charge in [-0.1, -0.05) is 0 Å². The average Bonchev–Trinajstić information content (AvgIpc) is 2.55. The highest BCUT2D eigenvalue weighted by Crippen LogP contribution is 2.23. The van der Waals surface area contributed by atoms with Gasteiger partial charge in [-0.15, -0.1) is 0 Å². The van der Waals surface area contributed by atoms with Crippen LogP contribution in [0.5, 0.6) is 5.75 Å². The molecule has 1 heterocycles. The van der Waals surface area contributed by atoms with E-state index in [4.69, 9.17) is 4.74 Å². The Morgan fingerprint density at radius 1 is 1.47 bits per heavy atom. The molecule has 1 unspecified atom stereocenters. The van der Waals surface area contributed by atoms with E-state index >= 15 is 0 Å². The van der Waals surface area contributed by atoms with E-state index in [1.807, 2.05) is 0 Å². The van der Waals surface area contributed by atoms with Crippen molar-refractivity contribution >= 4 is 5.91 Å². The van der Waals surface area contributed by atoms with Gasteiger partial charge in [-0.05, 0) is 38.3 Å². The maximum atomic E-state index is 13.7. The Morgan fingerprint density at radius 2 is 2.26 bits per heavy atom. The minimum atomic E-state index is -0.866. The number of hydrogen-bond donors (Lipinski definition) is 2. The van der Waals surface area contributed by atoms with Crippen LogP contribution in [0.15, 0.2) is 18.2 Å². The van der Waals surface area contributed by atoms with Crippen LogP contribution in [0.25, 0.3) is 0 Å². The second-order valence-electron chi connectivity index (χ2n) is 4.75. The molecule has 1 aliphatic rings. The lowest BCUT2D eigenvalue weighted by Gasteiger charge is -2.16. The number of nitrogens with one attached hydrogen (secondary N) is 1. The summed E-state index contributed by atoms with van der Waals surface area (Å²) in [5.41, 5.74) is 0.220. The predicted octanol–water partition coefficient (Wildman–Crippen LogP) is 1.93. The Hall–Kier alpha value is -1.62. The number of aliphatic hydroxyl groups excluding tert-OH is 1. The van der Waals surface area contributed by atoms with Gasteiger partial charge >= 0.3 is 0 Å². The molecule has 1 aromatic rings. The quantitative estimate of drug-likeness (QED) is 0.879. The number of rotatable bonds is 3. The zero-order valence-corrected chi connectivity index (χ0v) is 10.9. The number of amides is 1. The Kier molecular flexibility index (Phi) is 4.37. The molecule has 1 aliphatic heterocycles. The summed E-state index contributed by atoms with van der Waals surface area (Å²) >= 11 is 0. The highest BCUT2D eigenvalue weighted by Gasteiger charge is 2.22. The van der Waals surface area contributed by atoms with E-state index in [1.165, 1.54) is 19.1 Å². The van der Waals surface area contributed by atoms with Crippen molar-refractivity contribution in [2.75, 3.05) is 6.54 Å². The average molecular weight is 267 g/mol. The maximum Gasteiger partial charge on any atom is 0.261 e. The molecule has 0 spiro atoms. The molecule has 1 fully saturated rings. The number of carbonyl (C=O) groups excluding carboxylic acids is 1. The highest BCUT2D eigenvalue weighted by molar-refractivity contribution is 5.81. The van der Waals surface area contributed by atoms with Crippen molar-refractivity contribution in [1.29, 1.82) is 0 Å². The number of ether oxygens (including phenoxy) is 1. The van der Waals surface area contributed by atoms with Crippen LogP contribution < -0.4 is 10.1 Å². The summed E-state index contributed by atoms with van der Waals surface area (Å²) in [6.07, 6.45) is 1.03. The Bertz CT molecular complexity index is 462. The summed E-state index contributed by atoms with van der Waals surface area (Å²) in [4.78, 5) is 11.7. The number of carbonyl (C=O) groups is 1. The topological polar surface area (TPSA) is 58.6 Å². The van der Waals surface area contributed by atoms with Crippen molar-refractivity contribution in [2.45, 2.75) is 38.4 Å². The maximum absolute atomic E-state index is 13.7. The third-order valence-electron chi connectivity index (χ3n) is 3.19. The lowest BCUT2D eigenvalue weighted by atomic mass is 10.1. The van der Waals surface area contributed by atoms with Crippen LogP contribution in [0.4, 0.5) is 4.39 Å². The lowest BCUT2D eigenvalue weighted by Crippen LogP contribution is -2.36. The molecule has 0 bridgehead atoms. The van der Waals surface area contributed by atoms with Gasteiger partial charge in [0.05, 0.1) is 6.10 Å². The minimum absolute atomic E-state index is 0.155. The van der Waals surface area contributed by atoms with Crippen molar-refractivity contribution < 1.29 is 19.0 Å². The lowest BCUT2D eigenvalue weighted by molar-refractivity contribution is -0.127. The first-order valence-electron chi connectivity index (χ1n) is 6.50. The van der Waals surface area contributed by atoms with Gasteiger partial charge < -0.3 is 15.2 Å². The normalized spacial score (nSPS) is 21.4. The summed E-state index contributed by atoms with van der Waals surface area (Å²) in [5.74, 6) is -0.372. The minimum Gasteiger partial charge on any atom is -0.481 e.